The van der Waals surface area contributed by atoms with Crippen molar-refractivity contribution in [2.45, 2.75) is 131 Å². The molecule has 4 aliphatic rings. The lowest BCUT2D eigenvalue weighted by atomic mass is 9.44. The molecule has 4 rings (SSSR count). The first-order valence-corrected chi connectivity index (χ1v) is 14.3. The van der Waals surface area contributed by atoms with E-state index in [1.165, 1.54) is 38.5 Å². The molecule has 0 amide bonds. The summed E-state index contributed by atoms with van der Waals surface area (Å²) in [4.78, 5) is 0. The molecule has 0 saturated heterocycles. The molecule has 2 unspecified atom stereocenters. The van der Waals surface area contributed by atoms with E-state index in [0.717, 1.165) is 47.3 Å². The van der Waals surface area contributed by atoms with Crippen LogP contribution in [0.4, 0.5) is 0 Å². The minimum Gasteiger partial charge on any atom is -0.0654 e. The van der Waals surface area contributed by atoms with Crippen LogP contribution in [0.5, 0.6) is 0 Å². The standard InChI is InChI=1S/C30H54/c1-7-10-23(21(2)3)13-12-22(4)26-16-17-27-25-15-14-24-11-8-9-19-29(24,5)28(25)18-20-30(26,27)6/h21-28H,7-20H2,1-6H3/t22-,23?,24?,25+,26-,27-,28+,29+,30-/m1/s1. The predicted molar refractivity (Wildman–Crippen MR) is 131 cm³/mol. The topological polar surface area (TPSA) is 0 Å². The lowest BCUT2D eigenvalue weighted by Crippen LogP contribution is -2.53. The Morgan fingerprint density at radius 1 is 0.733 bits per heavy atom. The van der Waals surface area contributed by atoms with Gasteiger partial charge in [-0.3, -0.25) is 0 Å². The van der Waals surface area contributed by atoms with Crippen LogP contribution >= 0.6 is 0 Å². The lowest BCUT2D eigenvalue weighted by Gasteiger charge is -2.61. The molecule has 0 aliphatic heterocycles. The SMILES string of the molecule is CCCC(CC[C@@H](C)[C@H]1CC[C@@H]2[C@@H]3CCC4CCCC[C@]4(C)[C@H]3CC[C@@]21C)C(C)C. The van der Waals surface area contributed by atoms with Gasteiger partial charge in [0.05, 0.1) is 0 Å². The smallest absolute Gasteiger partial charge is 0.0264 e. The highest BCUT2D eigenvalue weighted by molar-refractivity contribution is 5.09. The zero-order chi connectivity index (χ0) is 21.5. The second-order valence-electron chi connectivity index (χ2n) is 13.5. The van der Waals surface area contributed by atoms with Gasteiger partial charge in [0.1, 0.15) is 0 Å². The predicted octanol–water partition coefficient (Wildman–Crippen LogP) is 9.52. The van der Waals surface area contributed by atoms with E-state index < -0.39 is 0 Å². The fourth-order valence-electron chi connectivity index (χ4n) is 10.1. The second kappa shape index (κ2) is 9.09. The highest BCUT2D eigenvalue weighted by Crippen LogP contribution is 2.68. The van der Waals surface area contributed by atoms with Gasteiger partial charge in [0.15, 0.2) is 0 Å². The maximum Gasteiger partial charge on any atom is -0.0264 e. The molecule has 0 aromatic carbocycles. The molecular formula is C30H54. The Kier molecular flexibility index (Phi) is 7.02. The average Bonchev–Trinajstić information content (AvgIpc) is 3.07. The van der Waals surface area contributed by atoms with Gasteiger partial charge >= 0.3 is 0 Å². The van der Waals surface area contributed by atoms with E-state index in [1.54, 1.807) is 51.4 Å². The van der Waals surface area contributed by atoms with Crippen molar-refractivity contribution in [2.75, 3.05) is 0 Å². The van der Waals surface area contributed by atoms with Gasteiger partial charge in [-0.15, -0.1) is 0 Å². The van der Waals surface area contributed by atoms with Crippen molar-refractivity contribution in [3.63, 3.8) is 0 Å². The molecule has 0 nitrogen and oxygen atoms in total. The zero-order valence-corrected chi connectivity index (χ0v) is 21.5. The average molecular weight is 415 g/mol. The molecule has 0 radical (unpaired) electrons. The van der Waals surface area contributed by atoms with Crippen molar-refractivity contribution in [3.8, 4) is 0 Å². The fourth-order valence-corrected chi connectivity index (χ4v) is 10.1. The first-order chi connectivity index (χ1) is 14.3. The van der Waals surface area contributed by atoms with Crippen molar-refractivity contribution in [2.24, 2.45) is 58.2 Å². The maximum absolute atomic E-state index is 2.77. The van der Waals surface area contributed by atoms with Gasteiger partial charge in [0.2, 0.25) is 0 Å². The van der Waals surface area contributed by atoms with E-state index in [9.17, 15) is 0 Å². The van der Waals surface area contributed by atoms with E-state index in [2.05, 4.69) is 41.5 Å². The summed E-state index contributed by atoms with van der Waals surface area (Å²) in [5.41, 5.74) is 1.37. The summed E-state index contributed by atoms with van der Waals surface area (Å²) in [5.74, 6) is 8.04. The van der Waals surface area contributed by atoms with Crippen LogP contribution in [0, 0.1) is 58.2 Å². The van der Waals surface area contributed by atoms with Gasteiger partial charge in [-0.1, -0.05) is 73.6 Å². The molecule has 0 heterocycles. The van der Waals surface area contributed by atoms with Gasteiger partial charge in [-0.25, -0.2) is 0 Å². The molecule has 174 valence electrons. The van der Waals surface area contributed by atoms with Crippen LogP contribution in [0.15, 0.2) is 0 Å². The van der Waals surface area contributed by atoms with Crippen molar-refractivity contribution in [3.05, 3.63) is 0 Å². The summed E-state index contributed by atoms with van der Waals surface area (Å²) in [7, 11) is 0. The lowest BCUT2D eigenvalue weighted by molar-refractivity contribution is -0.114. The molecule has 0 spiro atoms. The number of fused-ring (bicyclic) bond motifs is 5. The third-order valence-electron chi connectivity index (χ3n) is 11.9. The summed E-state index contributed by atoms with van der Waals surface area (Å²) in [5, 5.41) is 0. The van der Waals surface area contributed by atoms with Crippen LogP contribution in [0.25, 0.3) is 0 Å². The normalized spacial score (nSPS) is 45.5. The summed E-state index contributed by atoms with van der Waals surface area (Å²) in [6.45, 7) is 15.5. The Labute approximate surface area is 189 Å². The van der Waals surface area contributed by atoms with E-state index in [0.29, 0.717) is 10.8 Å². The van der Waals surface area contributed by atoms with Crippen LogP contribution in [0.3, 0.4) is 0 Å². The third-order valence-corrected chi connectivity index (χ3v) is 11.9. The highest BCUT2D eigenvalue weighted by Gasteiger charge is 2.60. The largest absolute Gasteiger partial charge is 0.0654 e. The van der Waals surface area contributed by atoms with Gasteiger partial charge in [0, 0.05) is 0 Å². The van der Waals surface area contributed by atoms with Crippen molar-refractivity contribution in [1.82, 2.24) is 0 Å². The molecule has 0 heteroatoms. The molecule has 4 saturated carbocycles. The molecule has 0 aromatic rings. The molecule has 0 N–H and O–H groups in total. The summed E-state index contributed by atoms with van der Waals surface area (Å²) < 4.78 is 0. The maximum atomic E-state index is 2.77. The second-order valence-corrected chi connectivity index (χ2v) is 13.5. The van der Waals surface area contributed by atoms with E-state index in [-0.39, 0.29) is 0 Å². The van der Waals surface area contributed by atoms with Crippen LogP contribution in [0.1, 0.15) is 131 Å². The quantitative estimate of drug-likeness (QED) is 0.389. The van der Waals surface area contributed by atoms with Crippen LogP contribution in [0.2, 0.25) is 0 Å². The Balaban J connectivity index is 1.43. The van der Waals surface area contributed by atoms with Gasteiger partial charge in [0.25, 0.3) is 0 Å². The molecule has 4 fully saturated rings. The molecule has 30 heavy (non-hydrogen) atoms. The number of hydrogen-bond donors (Lipinski definition) is 0. The van der Waals surface area contributed by atoms with Crippen LogP contribution in [-0.4, -0.2) is 0 Å². The molecule has 0 aromatic heterocycles. The molecular weight excluding hydrogens is 360 g/mol. The minimum atomic E-state index is 0.663. The van der Waals surface area contributed by atoms with Crippen molar-refractivity contribution < 1.29 is 0 Å². The fraction of sp³-hybridized carbons (Fsp3) is 1.00. The summed E-state index contributed by atoms with van der Waals surface area (Å²) in [6, 6.07) is 0. The first kappa shape index (κ1) is 23.2. The van der Waals surface area contributed by atoms with Gasteiger partial charge in [-0.05, 0) is 116 Å². The number of hydrogen-bond acceptors (Lipinski definition) is 0. The van der Waals surface area contributed by atoms with Gasteiger partial charge in [-0.2, -0.15) is 0 Å². The van der Waals surface area contributed by atoms with Crippen molar-refractivity contribution in [1.29, 1.82) is 0 Å². The van der Waals surface area contributed by atoms with E-state index in [1.807, 2.05) is 0 Å². The highest BCUT2D eigenvalue weighted by atomic mass is 14.6. The van der Waals surface area contributed by atoms with E-state index in [4.69, 9.17) is 0 Å². The number of rotatable bonds is 7. The van der Waals surface area contributed by atoms with Crippen LogP contribution < -0.4 is 0 Å². The monoisotopic (exact) mass is 414 g/mol. The Bertz CT molecular complexity index is 562. The molecule has 9 atom stereocenters. The molecule has 0 bridgehead atoms. The van der Waals surface area contributed by atoms with E-state index >= 15 is 0 Å². The van der Waals surface area contributed by atoms with Crippen LogP contribution in [-0.2, 0) is 0 Å². The summed E-state index contributed by atoms with van der Waals surface area (Å²) in [6.07, 6.45) is 21.3. The van der Waals surface area contributed by atoms with Crippen molar-refractivity contribution >= 4 is 0 Å². The van der Waals surface area contributed by atoms with Gasteiger partial charge < -0.3 is 0 Å². The Morgan fingerprint density at radius 2 is 1.50 bits per heavy atom. The minimum absolute atomic E-state index is 0.663. The Hall–Kier alpha value is 0. The first-order valence-electron chi connectivity index (χ1n) is 14.3. The summed E-state index contributed by atoms with van der Waals surface area (Å²) >= 11 is 0. The third kappa shape index (κ3) is 3.94. The zero-order valence-electron chi connectivity index (χ0n) is 21.5. The Morgan fingerprint density at radius 3 is 2.23 bits per heavy atom. The molecule has 4 aliphatic carbocycles.